The van der Waals surface area contributed by atoms with Crippen molar-refractivity contribution < 1.29 is 22.7 Å². The van der Waals surface area contributed by atoms with Crippen LogP contribution in [0.3, 0.4) is 0 Å². The molecule has 4 N–H and O–H groups in total. The van der Waals surface area contributed by atoms with E-state index in [1.165, 1.54) is 29.2 Å². The number of primary sulfonamides is 1. The number of hydrogen-bond acceptors (Lipinski definition) is 7. The number of carbonyl (C=O) groups is 2. The summed E-state index contributed by atoms with van der Waals surface area (Å²) in [5.74, 6) is -0.607. The molecular formula is C24H18Cl2N4O5S2. The first-order valence-corrected chi connectivity index (χ1v) is 13.6. The van der Waals surface area contributed by atoms with Crippen molar-refractivity contribution in [3.8, 4) is 5.75 Å². The van der Waals surface area contributed by atoms with Crippen LogP contribution in [0.25, 0.3) is 6.08 Å². The Balaban J connectivity index is 1.48. The molecule has 13 heteroatoms. The number of carbonyl (C=O) groups excluding carboxylic acids is 2. The van der Waals surface area contributed by atoms with E-state index in [2.05, 4.69) is 5.32 Å². The molecule has 0 atom stereocenters. The fourth-order valence-corrected chi connectivity index (χ4v) is 4.96. The molecule has 0 radical (unpaired) electrons. The number of halogens is 2. The van der Waals surface area contributed by atoms with E-state index < -0.39 is 21.8 Å². The number of sulfonamides is 1. The second-order valence-electron chi connectivity index (χ2n) is 7.62. The standard InChI is InChI=1S/C24H18Cl2N4O5S2/c25-15-1-6-18(7-2-15)30-23(32)21(36-24(30)27)12-14-11-16(26)3-10-20(14)35-13-22(31)29-17-4-8-19(9-5-17)37(28,33)34/h1-12,27H,13H2,(H,29,31)(H2,28,33,34)/b21-12-,27-24?. The minimum Gasteiger partial charge on any atom is -0.483 e. The molecule has 1 fully saturated rings. The molecule has 0 aliphatic carbocycles. The first kappa shape index (κ1) is 26.7. The fourth-order valence-electron chi connectivity index (χ4n) is 3.28. The number of thioether (sulfide) groups is 1. The molecule has 0 unspecified atom stereocenters. The molecule has 1 heterocycles. The molecular weight excluding hydrogens is 559 g/mol. The highest BCUT2D eigenvalue weighted by Crippen LogP contribution is 2.37. The quantitative estimate of drug-likeness (QED) is 0.347. The van der Waals surface area contributed by atoms with Gasteiger partial charge in [-0.3, -0.25) is 19.9 Å². The summed E-state index contributed by atoms with van der Waals surface area (Å²) in [5, 5.41) is 16.8. The van der Waals surface area contributed by atoms with Crippen molar-refractivity contribution in [2.24, 2.45) is 5.14 Å². The summed E-state index contributed by atoms with van der Waals surface area (Å²) >= 11 is 13.1. The molecule has 0 spiro atoms. The summed E-state index contributed by atoms with van der Waals surface area (Å²) in [6.45, 7) is -0.372. The fraction of sp³-hybridized carbons (Fsp3) is 0.0417. The number of ether oxygens (including phenoxy) is 1. The Morgan fingerprint density at radius 3 is 2.35 bits per heavy atom. The van der Waals surface area contributed by atoms with E-state index in [0.717, 1.165) is 11.8 Å². The van der Waals surface area contributed by atoms with Crippen molar-refractivity contribution in [1.82, 2.24) is 0 Å². The van der Waals surface area contributed by atoms with E-state index in [0.29, 0.717) is 32.7 Å². The molecule has 190 valence electrons. The average Bonchev–Trinajstić information content (AvgIpc) is 3.11. The van der Waals surface area contributed by atoms with Crippen LogP contribution in [0.2, 0.25) is 10.0 Å². The summed E-state index contributed by atoms with van der Waals surface area (Å²) in [5.41, 5.74) is 1.30. The van der Waals surface area contributed by atoms with E-state index in [1.54, 1.807) is 48.5 Å². The smallest absolute Gasteiger partial charge is 0.271 e. The first-order chi connectivity index (χ1) is 17.5. The van der Waals surface area contributed by atoms with E-state index >= 15 is 0 Å². The normalized spacial score (nSPS) is 14.8. The van der Waals surface area contributed by atoms with Crippen LogP contribution in [0, 0.1) is 5.41 Å². The summed E-state index contributed by atoms with van der Waals surface area (Å²) in [4.78, 5) is 26.9. The van der Waals surface area contributed by atoms with Crippen molar-refractivity contribution in [2.75, 3.05) is 16.8 Å². The summed E-state index contributed by atoms with van der Waals surface area (Å²) in [6, 6.07) is 16.6. The Morgan fingerprint density at radius 2 is 1.70 bits per heavy atom. The predicted octanol–water partition coefficient (Wildman–Crippen LogP) is 4.71. The highest BCUT2D eigenvalue weighted by atomic mass is 35.5. The zero-order valence-corrected chi connectivity index (χ0v) is 21.9. The van der Waals surface area contributed by atoms with Crippen LogP contribution in [-0.2, 0) is 19.6 Å². The van der Waals surface area contributed by atoms with Gasteiger partial charge in [0.25, 0.3) is 11.8 Å². The highest BCUT2D eigenvalue weighted by molar-refractivity contribution is 8.19. The third-order valence-corrected chi connectivity index (χ3v) is 7.30. The number of benzene rings is 3. The third kappa shape index (κ3) is 6.51. The van der Waals surface area contributed by atoms with Crippen LogP contribution in [0.15, 0.2) is 76.5 Å². The van der Waals surface area contributed by atoms with Gasteiger partial charge < -0.3 is 10.1 Å². The van der Waals surface area contributed by atoms with E-state index in [1.807, 2.05) is 0 Å². The van der Waals surface area contributed by atoms with Gasteiger partial charge in [0.1, 0.15) is 5.75 Å². The number of rotatable bonds is 7. The first-order valence-electron chi connectivity index (χ1n) is 10.4. The van der Waals surface area contributed by atoms with Gasteiger partial charge in [0.15, 0.2) is 11.8 Å². The average molecular weight is 577 g/mol. The van der Waals surface area contributed by atoms with Crippen LogP contribution >= 0.6 is 35.0 Å². The number of hydrogen-bond donors (Lipinski definition) is 3. The van der Waals surface area contributed by atoms with Gasteiger partial charge in [-0.1, -0.05) is 23.2 Å². The molecule has 3 aromatic rings. The molecule has 3 aromatic carbocycles. The Hall–Kier alpha value is -3.35. The number of nitrogens with one attached hydrogen (secondary N) is 2. The van der Waals surface area contributed by atoms with Crippen LogP contribution in [-0.4, -0.2) is 32.0 Å². The van der Waals surface area contributed by atoms with E-state index in [-0.39, 0.29) is 21.6 Å². The van der Waals surface area contributed by atoms with E-state index in [4.69, 9.17) is 38.5 Å². The topological polar surface area (TPSA) is 143 Å². The van der Waals surface area contributed by atoms with Gasteiger partial charge in [0, 0.05) is 21.3 Å². The minimum atomic E-state index is -3.84. The number of nitrogens with zero attached hydrogens (tertiary/aromatic N) is 1. The molecule has 1 saturated heterocycles. The third-order valence-electron chi connectivity index (χ3n) is 4.99. The Kier molecular flexibility index (Phi) is 7.90. The summed E-state index contributed by atoms with van der Waals surface area (Å²) in [6.07, 6.45) is 1.54. The van der Waals surface area contributed by atoms with Gasteiger partial charge in [-0.15, -0.1) is 0 Å². The molecule has 2 amide bonds. The SMILES string of the molecule is N=C1S/C(=C\c2cc(Cl)ccc2OCC(=O)Nc2ccc(S(N)(=O)=O)cc2)C(=O)N1c1ccc(Cl)cc1. The Morgan fingerprint density at radius 1 is 1.05 bits per heavy atom. The monoisotopic (exact) mass is 576 g/mol. The van der Waals surface area contributed by atoms with Crippen molar-refractivity contribution in [1.29, 1.82) is 5.41 Å². The van der Waals surface area contributed by atoms with Gasteiger partial charge in [-0.25, -0.2) is 13.6 Å². The molecule has 0 bridgehead atoms. The molecule has 1 aliphatic rings. The van der Waals surface area contributed by atoms with Crippen molar-refractivity contribution in [2.45, 2.75) is 4.90 Å². The maximum atomic E-state index is 13.0. The zero-order valence-electron chi connectivity index (χ0n) is 18.8. The van der Waals surface area contributed by atoms with Gasteiger partial charge >= 0.3 is 0 Å². The van der Waals surface area contributed by atoms with Gasteiger partial charge in [0.05, 0.1) is 15.5 Å². The van der Waals surface area contributed by atoms with Crippen LogP contribution in [0.4, 0.5) is 11.4 Å². The van der Waals surface area contributed by atoms with Gasteiger partial charge in [0.2, 0.25) is 10.0 Å². The Labute approximate surface area is 226 Å². The maximum Gasteiger partial charge on any atom is 0.271 e. The number of amidine groups is 1. The lowest BCUT2D eigenvalue weighted by molar-refractivity contribution is -0.118. The minimum absolute atomic E-state index is 0.0240. The lowest BCUT2D eigenvalue weighted by Crippen LogP contribution is -2.27. The molecule has 37 heavy (non-hydrogen) atoms. The van der Waals surface area contributed by atoms with Gasteiger partial charge in [-0.2, -0.15) is 0 Å². The summed E-state index contributed by atoms with van der Waals surface area (Å²) in [7, 11) is -3.84. The molecule has 0 saturated carbocycles. The number of nitrogens with two attached hydrogens (primary N) is 1. The largest absolute Gasteiger partial charge is 0.483 e. The molecule has 0 aromatic heterocycles. The summed E-state index contributed by atoms with van der Waals surface area (Å²) < 4.78 is 28.4. The maximum absolute atomic E-state index is 13.0. The Bertz CT molecular complexity index is 1530. The van der Waals surface area contributed by atoms with Crippen molar-refractivity contribution in [3.05, 3.63) is 87.2 Å². The van der Waals surface area contributed by atoms with Crippen molar-refractivity contribution >= 4 is 79.4 Å². The van der Waals surface area contributed by atoms with Crippen LogP contribution in [0.5, 0.6) is 5.75 Å². The van der Waals surface area contributed by atoms with Crippen LogP contribution in [0.1, 0.15) is 5.56 Å². The van der Waals surface area contributed by atoms with Crippen LogP contribution < -0.4 is 20.1 Å². The second-order valence-corrected chi connectivity index (χ2v) is 11.1. The second kappa shape index (κ2) is 11.0. The number of amides is 2. The van der Waals surface area contributed by atoms with E-state index in [9.17, 15) is 18.0 Å². The zero-order chi connectivity index (χ0) is 26.7. The predicted molar refractivity (Wildman–Crippen MR) is 146 cm³/mol. The lowest BCUT2D eigenvalue weighted by Gasteiger charge is -2.14. The lowest BCUT2D eigenvalue weighted by atomic mass is 10.1. The molecule has 9 nitrogen and oxygen atoms in total. The van der Waals surface area contributed by atoms with Crippen molar-refractivity contribution in [3.63, 3.8) is 0 Å². The number of anilines is 2. The van der Waals surface area contributed by atoms with Gasteiger partial charge in [-0.05, 0) is 84.6 Å². The molecule has 4 rings (SSSR count). The molecule has 1 aliphatic heterocycles. The highest BCUT2D eigenvalue weighted by Gasteiger charge is 2.33.